The lowest BCUT2D eigenvalue weighted by Crippen LogP contribution is -2.40. The Hall–Kier alpha value is -1.71. The van der Waals surface area contributed by atoms with Crippen LogP contribution >= 0.6 is 0 Å². The van der Waals surface area contributed by atoms with Crippen LogP contribution in [-0.4, -0.2) is 87.4 Å². The van der Waals surface area contributed by atoms with Gasteiger partial charge >= 0.3 is 17.9 Å². The highest BCUT2D eigenvalue weighted by molar-refractivity contribution is 5.71. The van der Waals surface area contributed by atoms with E-state index in [9.17, 15) is 19.5 Å². The van der Waals surface area contributed by atoms with Gasteiger partial charge in [0.25, 0.3) is 6.29 Å². The standard InChI is InChI=1S/C71H139NO8/c1-6-8-10-12-14-16-18-20-22-24-26-28-30-32-33-34-35-36-37-38-40-42-44-46-48-50-52-54-56-58-60-62-69(74)80-67(66-79-71(70(75)76)77-64-63-72(3,4)5)65-78-68(73)61-59-57-55-53-51-49-47-45-43-41-39-31-29-27-25-23-21-19-17-15-13-11-9-7-2/h67,71H,6-66H2,1-5H3/p+1. The van der Waals surface area contributed by atoms with Crippen LogP contribution < -0.4 is 0 Å². The minimum Gasteiger partial charge on any atom is -0.477 e. The number of hydrogen-bond donors (Lipinski definition) is 1. The van der Waals surface area contributed by atoms with Crippen LogP contribution in [0.3, 0.4) is 0 Å². The number of carboxylic acids is 1. The molecule has 9 heteroatoms. The number of nitrogens with zero attached hydrogens (tertiary/aromatic N) is 1. The Morgan fingerprint density at radius 1 is 0.325 bits per heavy atom. The molecule has 0 aliphatic heterocycles. The Bertz CT molecular complexity index is 1270. The first-order valence-corrected chi connectivity index (χ1v) is 35.7. The summed E-state index contributed by atoms with van der Waals surface area (Å²) in [5, 5.41) is 9.74. The van der Waals surface area contributed by atoms with Crippen molar-refractivity contribution in [3.8, 4) is 0 Å². The fourth-order valence-electron chi connectivity index (χ4n) is 11.1. The summed E-state index contributed by atoms with van der Waals surface area (Å²) in [5.41, 5.74) is 0. The molecule has 0 saturated heterocycles. The number of carboxylic acid groups (broad SMARTS) is 1. The zero-order chi connectivity index (χ0) is 58.3. The number of unbranched alkanes of at least 4 members (excludes halogenated alkanes) is 53. The van der Waals surface area contributed by atoms with Gasteiger partial charge in [0.15, 0.2) is 6.10 Å². The average Bonchev–Trinajstić information content (AvgIpc) is 3.43. The van der Waals surface area contributed by atoms with Crippen LogP contribution in [0.2, 0.25) is 0 Å². The van der Waals surface area contributed by atoms with E-state index in [0.717, 1.165) is 38.5 Å². The molecule has 2 atom stereocenters. The van der Waals surface area contributed by atoms with Gasteiger partial charge in [0.05, 0.1) is 34.4 Å². The number of hydrogen-bond acceptors (Lipinski definition) is 7. The summed E-state index contributed by atoms with van der Waals surface area (Å²) in [6.07, 6.45) is 72.3. The van der Waals surface area contributed by atoms with E-state index in [2.05, 4.69) is 13.8 Å². The van der Waals surface area contributed by atoms with E-state index in [1.165, 1.54) is 315 Å². The molecule has 80 heavy (non-hydrogen) atoms. The van der Waals surface area contributed by atoms with Crippen LogP contribution in [-0.2, 0) is 33.3 Å². The van der Waals surface area contributed by atoms with Gasteiger partial charge in [0.1, 0.15) is 13.2 Å². The lowest BCUT2D eigenvalue weighted by atomic mass is 10.0. The fraction of sp³-hybridized carbons (Fsp3) is 0.958. The van der Waals surface area contributed by atoms with Crippen LogP contribution in [0, 0.1) is 0 Å². The average molecular weight is 1140 g/mol. The summed E-state index contributed by atoms with van der Waals surface area (Å²) in [6, 6.07) is 0. The molecule has 0 amide bonds. The summed E-state index contributed by atoms with van der Waals surface area (Å²) >= 11 is 0. The maximum atomic E-state index is 12.9. The summed E-state index contributed by atoms with van der Waals surface area (Å²) in [4.78, 5) is 37.6. The quantitative estimate of drug-likeness (QED) is 0.0278. The molecule has 0 fully saturated rings. The van der Waals surface area contributed by atoms with Crippen molar-refractivity contribution in [2.75, 3.05) is 47.5 Å². The van der Waals surface area contributed by atoms with E-state index in [-0.39, 0.29) is 38.2 Å². The molecular weight excluding hydrogens is 995 g/mol. The maximum absolute atomic E-state index is 12.9. The lowest BCUT2D eigenvalue weighted by Gasteiger charge is -2.25. The number of rotatable bonds is 68. The normalized spacial score (nSPS) is 12.6. The van der Waals surface area contributed by atoms with Gasteiger partial charge in [-0.25, -0.2) is 4.79 Å². The highest BCUT2D eigenvalue weighted by atomic mass is 16.7. The Morgan fingerprint density at radius 3 is 0.800 bits per heavy atom. The SMILES string of the molecule is CCCCCCCCCCCCCCCCCCCCCCCCCCCCCCCCCC(=O)OC(COC(=O)CCCCCCCCCCCCCCCCCCCCCCCCCC)COC(OCC[N+](C)(C)C)C(=O)O. The number of carbonyl (C=O) groups excluding carboxylic acids is 2. The predicted octanol–water partition coefficient (Wildman–Crippen LogP) is 21.9. The van der Waals surface area contributed by atoms with Crippen LogP contribution in [0.4, 0.5) is 0 Å². The Kier molecular flexibility index (Phi) is 62.0. The first-order valence-electron chi connectivity index (χ1n) is 35.7. The Morgan fingerprint density at radius 2 is 0.562 bits per heavy atom. The smallest absolute Gasteiger partial charge is 0.361 e. The number of aliphatic carboxylic acids is 1. The van der Waals surface area contributed by atoms with Crippen LogP contribution in [0.5, 0.6) is 0 Å². The number of ether oxygens (including phenoxy) is 4. The van der Waals surface area contributed by atoms with Crippen molar-refractivity contribution < 1.29 is 42.9 Å². The second-order valence-electron chi connectivity index (χ2n) is 25.9. The zero-order valence-electron chi connectivity index (χ0n) is 54.5. The first kappa shape index (κ1) is 78.3. The van der Waals surface area contributed by atoms with Crippen molar-refractivity contribution >= 4 is 17.9 Å². The van der Waals surface area contributed by atoms with Crippen molar-refractivity contribution in [2.24, 2.45) is 0 Å². The molecule has 0 aliphatic rings. The molecule has 1 N–H and O–H groups in total. The molecule has 9 nitrogen and oxygen atoms in total. The van der Waals surface area contributed by atoms with Crippen molar-refractivity contribution in [3.63, 3.8) is 0 Å². The molecule has 476 valence electrons. The van der Waals surface area contributed by atoms with Crippen LogP contribution in [0.25, 0.3) is 0 Å². The summed E-state index contributed by atoms with van der Waals surface area (Å²) in [5.74, 6) is -1.96. The van der Waals surface area contributed by atoms with Crippen LogP contribution in [0.15, 0.2) is 0 Å². The lowest BCUT2D eigenvalue weighted by molar-refractivity contribution is -0.870. The first-order chi connectivity index (χ1) is 39.1. The molecule has 0 radical (unpaired) electrons. The molecule has 0 heterocycles. The minimum atomic E-state index is -1.50. The Labute approximate surface area is 498 Å². The van der Waals surface area contributed by atoms with Gasteiger partial charge in [-0.3, -0.25) is 9.59 Å². The van der Waals surface area contributed by atoms with Crippen molar-refractivity contribution in [1.82, 2.24) is 0 Å². The molecule has 0 aromatic heterocycles. The molecule has 0 bridgehead atoms. The van der Waals surface area contributed by atoms with Gasteiger partial charge in [-0.15, -0.1) is 0 Å². The van der Waals surface area contributed by atoms with Gasteiger partial charge in [-0.05, 0) is 12.8 Å². The molecule has 0 saturated carbocycles. The predicted molar refractivity (Wildman–Crippen MR) is 342 cm³/mol. The molecule has 0 rings (SSSR count). The molecule has 0 aliphatic carbocycles. The zero-order valence-corrected chi connectivity index (χ0v) is 54.5. The van der Waals surface area contributed by atoms with Crippen LogP contribution in [0.1, 0.15) is 380 Å². The van der Waals surface area contributed by atoms with Gasteiger partial charge in [0.2, 0.25) is 0 Å². The van der Waals surface area contributed by atoms with E-state index in [1.807, 2.05) is 21.1 Å². The second kappa shape index (κ2) is 63.3. The van der Waals surface area contributed by atoms with Crippen molar-refractivity contribution in [1.29, 1.82) is 0 Å². The third kappa shape index (κ3) is 63.9. The van der Waals surface area contributed by atoms with E-state index in [4.69, 9.17) is 18.9 Å². The fourth-order valence-corrected chi connectivity index (χ4v) is 11.1. The van der Waals surface area contributed by atoms with E-state index in [0.29, 0.717) is 17.4 Å². The van der Waals surface area contributed by atoms with Gasteiger partial charge in [0, 0.05) is 12.8 Å². The Balaban J connectivity index is 4.02. The van der Waals surface area contributed by atoms with E-state index >= 15 is 0 Å². The maximum Gasteiger partial charge on any atom is 0.361 e. The summed E-state index contributed by atoms with van der Waals surface area (Å²) < 4.78 is 23.0. The third-order valence-corrected chi connectivity index (χ3v) is 16.6. The highest BCUT2D eigenvalue weighted by Crippen LogP contribution is 2.20. The molecular formula is C71H140NO8+. The van der Waals surface area contributed by atoms with Gasteiger partial charge in [-0.1, -0.05) is 354 Å². The second-order valence-corrected chi connectivity index (χ2v) is 25.9. The summed E-state index contributed by atoms with van der Waals surface area (Å²) in [6.45, 7) is 4.98. The van der Waals surface area contributed by atoms with Gasteiger partial charge < -0.3 is 28.5 Å². The third-order valence-electron chi connectivity index (χ3n) is 16.6. The van der Waals surface area contributed by atoms with Crippen molar-refractivity contribution in [3.05, 3.63) is 0 Å². The number of likely N-dealkylation sites (N-methyl/N-ethyl adjacent to an activating group) is 1. The van der Waals surface area contributed by atoms with E-state index < -0.39 is 18.4 Å². The minimum absolute atomic E-state index is 0.172. The topological polar surface area (TPSA) is 108 Å². The molecule has 0 aromatic rings. The largest absolute Gasteiger partial charge is 0.477 e. The summed E-state index contributed by atoms with van der Waals surface area (Å²) in [7, 11) is 6.00. The monoisotopic (exact) mass is 1140 g/mol. The van der Waals surface area contributed by atoms with E-state index in [1.54, 1.807) is 0 Å². The number of carbonyl (C=O) groups is 3. The molecule has 0 spiro atoms. The number of quaternary nitrogens is 1. The highest BCUT2D eigenvalue weighted by Gasteiger charge is 2.25. The number of esters is 2. The van der Waals surface area contributed by atoms with Crippen molar-refractivity contribution in [2.45, 2.75) is 392 Å². The van der Waals surface area contributed by atoms with Gasteiger partial charge in [-0.2, -0.15) is 0 Å². The molecule has 0 aromatic carbocycles. The molecule has 2 unspecified atom stereocenters.